The van der Waals surface area contributed by atoms with Crippen LogP contribution in [0.15, 0.2) is 42.3 Å². The SMILES string of the molecule is CN1C=C(C=Cc2ccccc2OCCN2CCOCC2)OC1. The lowest BCUT2D eigenvalue weighted by Gasteiger charge is -2.26. The smallest absolute Gasteiger partial charge is 0.161 e. The minimum absolute atomic E-state index is 0.609. The zero-order valence-corrected chi connectivity index (χ0v) is 13.6. The number of ether oxygens (including phenoxy) is 3. The minimum Gasteiger partial charge on any atom is -0.492 e. The van der Waals surface area contributed by atoms with Crippen molar-refractivity contribution in [1.29, 1.82) is 0 Å². The summed E-state index contributed by atoms with van der Waals surface area (Å²) in [6.07, 6.45) is 6.00. The molecule has 0 N–H and O–H groups in total. The molecule has 0 aliphatic carbocycles. The largest absolute Gasteiger partial charge is 0.492 e. The molecular formula is C18H24N2O3. The highest BCUT2D eigenvalue weighted by molar-refractivity contribution is 5.59. The number of rotatable bonds is 6. The van der Waals surface area contributed by atoms with Crippen molar-refractivity contribution in [3.05, 3.63) is 47.9 Å². The van der Waals surface area contributed by atoms with Gasteiger partial charge in [-0.25, -0.2) is 0 Å². The first kappa shape index (κ1) is 15.9. The maximum Gasteiger partial charge on any atom is 0.161 e. The number of hydrogen-bond donors (Lipinski definition) is 0. The van der Waals surface area contributed by atoms with Gasteiger partial charge in [-0.1, -0.05) is 18.2 Å². The van der Waals surface area contributed by atoms with Gasteiger partial charge in [0.05, 0.1) is 13.2 Å². The van der Waals surface area contributed by atoms with Crippen molar-refractivity contribution in [3.63, 3.8) is 0 Å². The van der Waals surface area contributed by atoms with Gasteiger partial charge in [-0.15, -0.1) is 0 Å². The molecule has 1 fully saturated rings. The van der Waals surface area contributed by atoms with E-state index in [4.69, 9.17) is 14.2 Å². The van der Waals surface area contributed by atoms with E-state index in [1.807, 2.05) is 48.5 Å². The van der Waals surface area contributed by atoms with Gasteiger partial charge in [0, 0.05) is 38.4 Å². The van der Waals surface area contributed by atoms with Crippen LogP contribution in [0.4, 0.5) is 0 Å². The summed E-state index contributed by atoms with van der Waals surface area (Å²) >= 11 is 0. The number of para-hydroxylation sites is 1. The summed E-state index contributed by atoms with van der Waals surface area (Å²) in [5, 5.41) is 0. The van der Waals surface area contributed by atoms with Crippen LogP contribution in [0.25, 0.3) is 6.08 Å². The highest BCUT2D eigenvalue weighted by Crippen LogP contribution is 2.21. The number of nitrogens with zero attached hydrogens (tertiary/aromatic N) is 2. The Morgan fingerprint density at radius 3 is 2.78 bits per heavy atom. The lowest BCUT2D eigenvalue weighted by atomic mass is 10.2. The Hall–Kier alpha value is -1.98. The number of benzene rings is 1. The van der Waals surface area contributed by atoms with E-state index in [0.29, 0.717) is 13.3 Å². The van der Waals surface area contributed by atoms with Crippen molar-refractivity contribution in [2.24, 2.45) is 0 Å². The molecule has 3 rings (SSSR count). The fourth-order valence-electron chi connectivity index (χ4n) is 2.59. The summed E-state index contributed by atoms with van der Waals surface area (Å²) in [5.41, 5.74) is 1.06. The predicted octanol–water partition coefficient (Wildman–Crippen LogP) is 2.17. The third-order valence-corrected chi connectivity index (χ3v) is 3.90. The standard InChI is InChI=1S/C18H24N2O3/c1-19-14-17(23-15-19)7-6-16-4-2-3-5-18(16)22-13-10-20-8-11-21-12-9-20/h2-7,14H,8-13,15H2,1H3. The molecule has 0 amide bonds. The Morgan fingerprint density at radius 2 is 2.00 bits per heavy atom. The topological polar surface area (TPSA) is 34.2 Å². The zero-order valence-electron chi connectivity index (χ0n) is 13.6. The van der Waals surface area contributed by atoms with Crippen LogP contribution in [0.2, 0.25) is 0 Å². The van der Waals surface area contributed by atoms with Gasteiger partial charge in [0.2, 0.25) is 0 Å². The van der Waals surface area contributed by atoms with E-state index in [0.717, 1.165) is 49.9 Å². The maximum atomic E-state index is 5.97. The second-order valence-corrected chi connectivity index (χ2v) is 5.74. The van der Waals surface area contributed by atoms with E-state index in [1.54, 1.807) is 0 Å². The quantitative estimate of drug-likeness (QED) is 0.803. The molecule has 1 saturated heterocycles. The number of allylic oxidation sites excluding steroid dienone is 1. The van der Waals surface area contributed by atoms with Gasteiger partial charge in [0.25, 0.3) is 0 Å². The third kappa shape index (κ3) is 4.74. The first-order valence-corrected chi connectivity index (χ1v) is 8.06. The van der Waals surface area contributed by atoms with Crippen molar-refractivity contribution in [1.82, 2.24) is 9.80 Å². The predicted molar refractivity (Wildman–Crippen MR) is 90.0 cm³/mol. The highest BCUT2D eigenvalue weighted by atomic mass is 16.5. The van der Waals surface area contributed by atoms with Crippen LogP contribution in [-0.4, -0.2) is 63.0 Å². The Bertz CT molecular complexity index is 565. The Labute approximate surface area is 137 Å². The highest BCUT2D eigenvalue weighted by Gasteiger charge is 2.10. The van der Waals surface area contributed by atoms with E-state index in [2.05, 4.69) is 11.0 Å². The summed E-state index contributed by atoms with van der Waals surface area (Å²) in [6.45, 7) is 5.85. The first-order chi connectivity index (χ1) is 11.3. The van der Waals surface area contributed by atoms with Crippen molar-refractivity contribution in [3.8, 4) is 5.75 Å². The molecule has 1 aromatic rings. The molecule has 2 heterocycles. The molecule has 2 aliphatic heterocycles. The molecule has 0 saturated carbocycles. The molecule has 23 heavy (non-hydrogen) atoms. The lowest BCUT2D eigenvalue weighted by Crippen LogP contribution is -2.38. The van der Waals surface area contributed by atoms with Gasteiger partial charge in [-0.3, -0.25) is 4.90 Å². The molecule has 124 valence electrons. The summed E-state index contributed by atoms with van der Waals surface area (Å²) in [7, 11) is 1.99. The Balaban J connectivity index is 1.55. The molecule has 0 unspecified atom stereocenters. The molecule has 0 spiro atoms. The third-order valence-electron chi connectivity index (χ3n) is 3.90. The van der Waals surface area contributed by atoms with E-state index in [-0.39, 0.29) is 0 Å². The van der Waals surface area contributed by atoms with Crippen molar-refractivity contribution in [2.75, 3.05) is 53.2 Å². The van der Waals surface area contributed by atoms with Gasteiger partial charge >= 0.3 is 0 Å². The van der Waals surface area contributed by atoms with Gasteiger partial charge in [0.1, 0.15) is 18.1 Å². The molecule has 0 atom stereocenters. The van der Waals surface area contributed by atoms with E-state index < -0.39 is 0 Å². The maximum absolute atomic E-state index is 5.97. The monoisotopic (exact) mass is 316 g/mol. The average Bonchev–Trinajstić information content (AvgIpc) is 3.00. The lowest BCUT2D eigenvalue weighted by molar-refractivity contribution is 0.0322. The molecule has 2 aliphatic rings. The molecule has 0 aromatic heterocycles. The van der Waals surface area contributed by atoms with E-state index in [1.165, 1.54) is 0 Å². The minimum atomic E-state index is 0.609. The first-order valence-electron chi connectivity index (χ1n) is 8.06. The number of hydrogen-bond acceptors (Lipinski definition) is 5. The van der Waals surface area contributed by atoms with Crippen LogP contribution in [0, 0.1) is 0 Å². The molecule has 0 bridgehead atoms. The Morgan fingerprint density at radius 1 is 1.17 bits per heavy atom. The summed E-state index contributed by atoms with van der Waals surface area (Å²) in [4.78, 5) is 4.37. The summed E-state index contributed by atoms with van der Waals surface area (Å²) in [5.74, 6) is 1.78. The van der Waals surface area contributed by atoms with Gasteiger partial charge in [-0.05, 0) is 18.2 Å². The van der Waals surface area contributed by atoms with Crippen molar-refractivity contribution < 1.29 is 14.2 Å². The molecule has 5 nitrogen and oxygen atoms in total. The van der Waals surface area contributed by atoms with Crippen LogP contribution in [0.5, 0.6) is 5.75 Å². The van der Waals surface area contributed by atoms with Crippen LogP contribution in [0.3, 0.4) is 0 Å². The van der Waals surface area contributed by atoms with Crippen LogP contribution < -0.4 is 4.74 Å². The Kier molecular flexibility index (Phi) is 5.56. The van der Waals surface area contributed by atoms with Crippen molar-refractivity contribution in [2.45, 2.75) is 0 Å². The average molecular weight is 316 g/mol. The van der Waals surface area contributed by atoms with E-state index >= 15 is 0 Å². The normalized spacial score (nSPS) is 19.0. The molecule has 5 heteroatoms. The second-order valence-electron chi connectivity index (χ2n) is 5.74. The summed E-state index contributed by atoms with van der Waals surface area (Å²) in [6, 6.07) is 8.08. The number of morpholine rings is 1. The fourth-order valence-corrected chi connectivity index (χ4v) is 2.59. The van der Waals surface area contributed by atoms with Gasteiger partial charge in [0.15, 0.2) is 6.73 Å². The van der Waals surface area contributed by atoms with Gasteiger partial charge < -0.3 is 19.1 Å². The van der Waals surface area contributed by atoms with E-state index in [9.17, 15) is 0 Å². The molecule has 0 radical (unpaired) electrons. The van der Waals surface area contributed by atoms with Crippen molar-refractivity contribution >= 4 is 6.08 Å². The summed E-state index contributed by atoms with van der Waals surface area (Å²) < 4.78 is 16.9. The molecule has 1 aromatic carbocycles. The molecular weight excluding hydrogens is 292 g/mol. The van der Waals surface area contributed by atoms with Gasteiger partial charge in [-0.2, -0.15) is 0 Å². The van der Waals surface area contributed by atoms with Crippen LogP contribution in [-0.2, 0) is 9.47 Å². The van der Waals surface area contributed by atoms with Crippen LogP contribution >= 0.6 is 0 Å². The van der Waals surface area contributed by atoms with Crippen LogP contribution in [0.1, 0.15) is 5.56 Å². The zero-order chi connectivity index (χ0) is 15.9. The second kappa shape index (κ2) is 8.04. The fraction of sp³-hybridized carbons (Fsp3) is 0.444.